The van der Waals surface area contributed by atoms with E-state index in [0.29, 0.717) is 12.1 Å². The van der Waals surface area contributed by atoms with Crippen molar-refractivity contribution < 1.29 is 35.9 Å². The molecule has 0 radical (unpaired) electrons. The lowest BCUT2D eigenvalue weighted by Crippen LogP contribution is -2.31. The second kappa shape index (κ2) is 8.54. The molecule has 0 saturated heterocycles. The minimum absolute atomic E-state index is 0.0844. The number of halogens is 6. The summed E-state index contributed by atoms with van der Waals surface area (Å²) in [5.74, 6) is -5.67. The number of nitrogens with one attached hydrogen (secondary N) is 2. The summed E-state index contributed by atoms with van der Waals surface area (Å²) < 4.78 is 83.6. The Balaban J connectivity index is 2.04. The van der Waals surface area contributed by atoms with Gasteiger partial charge in [-0.15, -0.1) is 13.2 Å². The number of carbonyl (C=O) groups is 1. The van der Waals surface area contributed by atoms with Gasteiger partial charge in [-0.05, 0) is 35.9 Å². The van der Waals surface area contributed by atoms with Gasteiger partial charge in [-0.1, -0.05) is 12.1 Å². The van der Waals surface area contributed by atoms with Crippen molar-refractivity contribution in [3.05, 3.63) is 99.2 Å². The van der Waals surface area contributed by atoms with Crippen molar-refractivity contribution in [1.82, 2.24) is 10.3 Å². The molecule has 2 aromatic carbocycles. The van der Waals surface area contributed by atoms with Crippen LogP contribution in [-0.4, -0.2) is 17.3 Å². The van der Waals surface area contributed by atoms with Crippen LogP contribution < -0.4 is 15.6 Å². The summed E-state index contributed by atoms with van der Waals surface area (Å²) in [5, 5.41) is 2.29. The highest BCUT2D eigenvalue weighted by atomic mass is 19.4. The minimum atomic E-state index is -5.15. The van der Waals surface area contributed by atoms with Crippen molar-refractivity contribution >= 4 is 5.91 Å². The van der Waals surface area contributed by atoms with Crippen LogP contribution in [-0.2, 0) is 0 Å². The number of ether oxygens (including phenoxy) is 1. The number of hydrogen-bond acceptors (Lipinski definition) is 3. The number of pyridine rings is 1. The highest BCUT2D eigenvalue weighted by Crippen LogP contribution is 2.32. The predicted octanol–water partition coefficient (Wildman–Crippen LogP) is 4.21. The molecule has 3 aromatic rings. The first-order chi connectivity index (χ1) is 14.5. The maximum Gasteiger partial charge on any atom is 0.573 e. The number of carbonyl (C=O) groups excluding carboxylic acids is 1. The number of H-pyrrole nitrogens is 1. The number of amides is 1. The van der Waals surface area contributed by atoms with E-state index in [1.165, 1.54) is 0 Å². The van der Waals surface area contributed by atoms with Gasteiger partial charge in [0.25, 0.3) is 5.91 Å². The molecule has 0 aliphatic carbocycles. The molecule has 0 aliphatic heterocycles. The first-order valence-corrected chi connectivity index (χ1v) is 8.54. The highest BCUT2D eigenvalue weighted by molar-refractivity contribution is 5.94. The molecule has 1 unspecified atom stereocenters. The summed E-state index contributed by atoms with van der Waals surface area (Å²) in [6.45, 7) is 0. The van der Waals surface area contributed by atoms with Crippen molar-refractivity contribution in [2.45, 2.75) is 12.4 Å². The molecule has 162 valence electrons. The zero-order valence-electron chi connectivity index (χ0n) is 15.3. The van der Waals surface area contributed by atoms with Crippen molar-refractivity contribution in [2.75, 3.05) is 0 Å². The predicted molar refractivity (Wildman–Crippen MR) is 95.8 cm³/mol. The largest absolute Gasteiger partial charge is 0.573 e. The third-order valence-electron chi connectivity index (χ3n) is 4.13. The monoisotopic (exact) mass is 442 g/mol. The van der Waals surface area contributed by atoms with E-state index in [9.17, 15) is 35.9 Å². The fourth-order valence-corrected chi connectivity index (χ4v) is 2.78. The molecule has 2 N–H and O–H groups in total. The molecule has 11 heteroatoms. The lowest BCUT2D eigenvalue weighted by atomic mass is 9.96. The Kier molecular flexibility index (Phi) is 6.04. The van der Waals surface area contributed by atoms with E-state index in [4.69, 9.17) is 0 Å². The average Bonchev–Trinajstić information content (AvgIpc) is 2.68. The van der Waals surface area contributed by atoms with Gasteiger partial charge in [-0.3, -0.25) is 9.59 Å². The molecule has 0 bridgehead atoms. The third kappa shape index (κ3) is 5.24. The number of alkyl halides is 3. The van der Waals surface area contributed by atoms with E-state index in [0.717, 1.165) is 42.6 Å². The summed E-state index contributed by atoms with van der Waals surface area (Å²) in [5.41, 5.74) is -1.51. The zero-order chi connectivity index (χ0) is 22.8. The van der Waals surface area contributed by atoms with Gasteiger partial charge in [-0.2, -0.15) is 0 Å². The summed E-state index contributed by atoms with van der Waals surface area (Å²) in [4.78, 5) is 25.9. The van der Waals surface area contributed by atoms with Crippen LogP contribution in [0.25, 0.3) is 0 Å². The molecule has 1 atom stereocenters. The van der Waals surface area contributed by atoms with Gasteiger partial charge < -0.3 is 15.0 Å². The molecule has 0 saturated carbocycles. The average molecular weight is 442 g/mol. The second-order valence-electron chi connectivity index (χ2n) is 6.22. The maximum absolute atomic E-state index is 14.4. The van der Waals surface area contributed by atoms with Crippen molar-refractivity contribution in [2.24, 2.45) is 0 Å². The summed E-state index contributed by atoms with van der Waals surface area (Å²) in [7, 11) is 0. The van der Waals surface area contributed by atoms with Crippen LogP contribution in [0, 0.1) is 17.5 Å². The van der Waals surface area contributed by atoms with E-state index < -0.39 is 52.6 Å². The molecule has 0 aliphatic rings. The second-order valence-corrected chi connectivity index (χ2v) is 6.22. The summed E-state index contributed by atoms with van der Waals surface area (Å²) in [6, 6.07) is 5.53. The van der Waals surface area contributed by atoms with Gasteiger partial charge in [0.1, 0.15) is 11.6 Å². The molecule has 31 heavy (non-hydrogen) atoms. The van der Waals surface area contributed by atoms with E-state index in [2.05, 4.69) is 15.0 Å². The number of benzene rings is 2. The molecular formula is C20H12F6N2O3. The fraction of sp³-hybridized carbons (Fsp3) is 0.100. The van der Waals surface area contributed by atoms with E-state index in [-0.39, 0.29) is 11.1 Å². The lowest BCUT2D eigenvalue weighted by Gasteiger charge is -2.21. The third-order valence-corrected chi connectivity index (χ3v) is 4.13. The highest BCUT2D eigenvalue weighted by Gasteiger charge is 2.33. The van der Waals surface area contributed by atoms with E-state index in [1.54, 1.807) is 0 Å². The van der Waals surface area contributed by atoms with Gasteiger partial charge in [0.05, 0.1) is 17.2 Å². The maximum atomic E-state index is 14.4. The Morgan fingerprint density at radius 1 is 0.968 bits per heavy atom. The Morgan fingerprint density at radius 3 is 2.19 bits per heavy atom. The molecule has 0 spiro atoms. The van der Waals surface area contributed by atoms with Gasteiger partial charge in [0.2, 0.25) is 5.56 Å². The Bertz CT molecular complexity index is 1140. The van der Waals surface area contributed by atoms with Crippen LogP contribution in [0.3, 0.4) is 0 Å². The van der Waals surface area contributed by atoms with Crippen LogP contribution >= 0.6 is 0 Å². The SMILES string of the molecule is O=C(NC(c1ccc(OC(F)(F)F)c(F)c1)c1c(F)cccc1F)c1ccc(=O)[nH]c1. The molecule has 3 rings (SSSR count). The van der Waals surface area contributed by atoms with Crippen LogP contribution in [0.5, 0.6) is 5.75 Å². The number of rotatable bonds is 5. The Hall–Kier alpha value is -3.76. The normalized spacial score (nSPS) is 12.3. The van der Waals surface area contributed by atoms with Crippen molar-refractivity contribution in [1.29, 1.82) is 0 Å². The number of aromatic amines is 1. The molecule has 0 fully saturated rings. The Morgan fingerprint density at radius 2 is 1.65 bits per heavy atom. The first-order valence-electron chi connectivity index (χ1n) is 8.54. The van der Waals surface area contributed by atoms with Gasteiger partial charge in [-0.25, -0.2) is 13.2 Å². The van der Waals surface area contributed by atoms with Crippen LogP contribution in [0.4, 0.5) is 26.3 Å². The zero-order valence-corrected chi connectivity index (χ0v) is 15.3. The molecule has 1 aromatic heterocycles. The summed E-state index contributed by atoms with van der Waals surface area (Å²) >= 11 is 0. The van der Waals surface area contributed by atoms with Gasteiger partial charge in [0, 0.05) is 12.3 Å². The van der Waals surface area contributed by atoms with Crippen molar-refractivity contribution in [3.63, 3.8) is 0 Å². The lowest BCUT2D eigenvalue weighted by molar-refractivity contribution is -0.275. The number of aromatic nitrogens is 1. The van der Waals surface area contributed by atoms with E-state index >= 15 is 0 Å². The van der Waals surface area contributed by atoms with Crippen LogP contribution in [0.15, 0.2) is 59.5 Å². The topological polar surface area (TPSA) is 71.2 Å². The molecule has 1 heterocycles. The quantitative estimate of drug-likeness (QED) is 0.582. The smallest absolute Gasteiger partial charge is 0.403 e. The van der Waals surface area contributed by atoms with Gasteiger partial charge >= 0.3 is 6.36 Å². The summed E-state index contributed by atoms with van der Waals surface area (Å²) in [6.07, 6.45) is -4.11. The standard InChI is InChI=1S/C20H12F6N2O3/c21-12-2-1-3-13(22)17(12)18(28-19(30)11-5-7-16(29)27-9-11)10-4-6-15(14(23)8-10)31-20(24,25)26/h1-9,18H,(H,27,29)(H,28,30). The Labute approximate surface area is 170 Å². The number of hydrogen-bond donors (Lipinski definition) is 2. The van der Waals surface area contributed by atoms with Gasteiger partial charge in [0.15, 0.2) is 11.6 Å². The molecule has 1 amide bonds. The van der Waals surface area contributed by atoms with Crippen LogP contribution in [0.2, 0.25) is 0 Å². The first kappa shape index (κ1) is 21.9. The molecular weight excluding hydrogens is 430 g/mol. The van der Waals surface area contributed by atoms with Crippen molar-refractivity contribution in [3.8, 4) is 5.75 Å². The van der Waals surface area contributed by atoms with Crippen LogP contribution in [0.1, 0.15) is 27.5 Å². The molecule has 5 nitrogen and oxygen atoms in total. The fourth-order valence-electron chi connectivity index (χ4n) is 2.78. The van der Waals surface area contributed by atoms with E-state index in [1.807, 2.05) is 0 Å². The minimum Gasteiger partial charge on any atom is -0.403 e.